The molecule has 1 atom stereocenters. The molecule has 1 aliphatic rings. The smallest absolute Gasteiger partial charge is 0.129 e. The lowest BCUT2D eigenvalue weighted by molar-refractivity contribution is 0.0874. The molecule has 0 saturated carbocycles. The number of allylic oxidation sites excluding steroid dienone is 3. The predicted molar refractivity (Wildman–Crippen MR) is 121 cm³/mol. The monoisotopic (exact) mass is 427 g/mol. The lowest BCUT2D eigenvalue weighted by atomic mass is 9.97. The molecule has 4 nitrogen and oxygen atoms in total. The van der Waals surface area contributed by atoms with Crippen molar-refractivity contribution in [2.45, 2.75) is 18.9 Å². The van der Waals surface area contributed by atoms with E-state index in [-0.39, 0.29) is 6.10 Å². The number of benzene rings is 1. The molecule has 29 heavy (non-hydrogen) atoms. The highest BCUT2D eigenvalue weighted by Gasteiger charge is 2.21. The first-order chi connectivity index (χ1) is 14.0. The van der Waals surface area contributed by atoms with E-state index in [0.717, 1.165) is 30.5 Å². The molecule has 2 aromatic rings. The fraction of sp³-hybridized carbons (Fsp3) is 0.217. The fourth-order valence-corrected chi connectivity index (χ4v) is 3.58. The summed E-state index contributed by atoms with van der Waals surface area (Å²) in [7, 11) is 0. The molecule has 150 valence electrons. The molecule has 1 aromatic carbocycles. The van der Waals surface area contributed by atoms with E-state index in [9.17, 15) is 5.11 Å². The Morgan fingerprint density at radius 3 is 2.66 bits per heavy atom. The van der Waals surface area contributed by atoms with Gasteiger partial charge < -0.3 is 10.0 Å². The molecule has 1 aromatic heterocycles. The highest BCUT2D eigenvalue weighted by Crippen LogP contribution is 2.27. The summed E-state index contributed by atoms with van der Waals surface area (Å²) >= 11 is 12.5. The topological polar surface area (TPSA) is 48.7 Å². The molecule has 1 N–H and O–H groups in total. The molecular formula is C23H23Cl2N3O. The predicted octanol–water partition coefficient (Wildman–Crippen LogP) is 5.38. The molecule has 1 saturated heterocycles. The Hall–Kier alpha value is -2.40. The summed E-state index contributed by atoms with van der Waals surface area (Å²) in [6.45, 7) is 9.42. The van der Waals surface area contributed by atoms with Gasteiger partial charge in [-0.05, 0) is 42.7 Å². The zero-order chi connectivity index (χ0) is 20.8. The van der Waals surface area contributed by atoms with Gasteiger partial charge in [-0.25, -0.2) is 4.99 Å². The Kier molecular flexibility index (Phi) is 7.26. The second-order valence-electron chi connectivity index (χ2n) is 6.80. The quantitative estimate of drug-likeness (QED) is 0.497. The Morgan fingerprint density at radius 2 is 2.00 bits per heavy atom. The van der Waals surface area contributed by atoms with Gasteiger partial charge in [-0.1, -0.05) is 54.6 Å². The van der Waals surface area contributed by atoms with Crippen LogP contribution in [-0.4, -0.2) is 39.9 Å². The van der Waals surface area contributed by atoms with Crippen LogP contribution in [0.15, 0.2) is 78.8 Å². The van der Waals surface area contributed by atoms with Gasteiger partial charge in [-0.15, -0.1) is 0 Å². The standard InChI is InChI=1S/C23H23Cl2N3O/c1-3-5-22(28-13-4-6-19(29)15-28)27-23(20-11-12-26-14-21(20)25)16(2)17-7-9-18(24)10-8-17/h3,5,7-12,14,19,29H,1-2,4,6,13,15H2/b22-5+,27-23?. The number of aliphatic imine (C=N–C) groups is 1. The number of nitrogens with zero attached hydrogens (tertiary/aromatic N) is 3. The molecule has 3 rings (SSSR count). The molecule has 1 unspecified atom stereocenters. The number of piperidine rings is 1. The summed E-state index contributed by atoms with van der Waals surface area (Å²) in [6, 6.07) is 9.25. The van der Waals surface area contributed by atoms with E-state index >= 15 is 0 Å². The van der Waals surface area contributed by atoms with Crippen LogP contribution in [0.25, 0.3) is 5.57 Å². The normalized spacial score (nSPS) is 17.9. The van der Waals surface area contributed by atoms with Crippen LogP contribution in [-0.2, 0) is 0 Å². The third kappa shape index (κ3) is 5.36. The SMILES string of the molecule is C=C/C=C(\N=C(C(=C)c1ccc(Cl)cc1)c1ccncc1Cl)N1CCCC(O)C1. The molecule has 0 aliphatic carbocycles. The minimum Gasteiger partial charge on any atom is -0.391 e. The van der Waals surface area contributed by atoms with Gasteiger partial charge in [0.1, 0.15) is 5.82 Å². The Bertz CT molecular complexity index is 951. The zero-order valence-electron chi connectivity index (χ0n) is 16.1. The van der Waals surface area contributed by atoms with E-state index in [2.05, 4.69) is 23.0 Å². The van der Waals surface area contributed by atoms with Gasteiger partial charge >= 0.3 is 0 Å². The number of aliphatic hydroxyl groups excluding tert-OH is 1. The highest BCUT2D eigenvalue weighted by molar-refractivity contribution is 6.40. The van der Waals surface area contributed by atoms with Crippen LogP contribution in [0.5, 0.6) is 0 Å². The van der Waals surface area contributed by atoms with Gasteiger partial charge in [-0.2, -0.15) is 0 Å². The number of halogens is 2. The lowest BCUT2D eigenvalue weighted by Gasteiger charge is -2.32. The van der Waals surface area contributed by atoms with Crippen molar-refractivity contribution in [3.05, 3.63) is 95.0 Å². The molecule has 0 spiro atoms. The van der Waals surface area contributed by atoms with Crippen molar-refractivity contribution >= 4 is 34.5 Å². The number of rotatable bonds is 6. The van der Waals surface area contributed by atoms with E-state index in [1.807, 2.05) is 36.4 Å². The third-order valence-electron chi connectivity index (χ3n) is 4.72. The second-order valence-corrected chi connectivity index (χ2v) is 7.65. The Balaban J connectivity index is 2.09. The second kappa shape index (κ2) is 9.88. The van der Waals surface area contributed by atoms with Crippen molar-refractivity contribution in [3.8, 4) is 0 Å². The molecule has 0 amide bonds. The molecular weight excluding hydrogens is 405 g/mol. The molecule has 0 bridgehead atoms. The lowest BCUT2D eigenvalue weighted by Crippen LogP contribution is -2.37. The van der Waals surface area contributed by atoms with E-state index in [1.54, 1.807) is 18.5 Å². The van der Waals surface area contributed by atoms with Gasteiger partial charge in [0.15, 0.2) is 0 Å². The number of pyridine rings is 1. The Morgan fingerprint density at radius 1 is 1.24 bits per heavy atom. The minimum absolute atomic E-state index is 0.375. The summed E-state index contributed by atoms with van der Waals surface area (Å²) in [6.07, 6.45) is 8.10. The van der Waals surface area contributed by atoms with Crippen LogP contribution in [0.3, 0.4) is 0 Å². The zero-order valence-corrected chi connectivity index (χ0v) is 17.6. The van der Waals surface area contributed by atoms with Gasteiger partial charge in [0.25, 0.3) is 0 Å². The van der Waals surface area contributed by atoms with Crippen molar-refractivity contribution < 1.29 is 5.11 Å². The number of likely N-dealkylation sites (tertiary alicyclic amines) is 1. The maximum absolute atomic E-state index is 10.1. The number of β-amino-alcohol motifs (C(OH)–C–C–N with tert-alkyl or cyclic N) is 1. The number of hydrogen-bond acceptors (Lipinski definition) is 4. The van der Waals surface area contributed by atoms with Crippen molar-refractivity contribution in [2.75, 3.05) is 13.1 Å². The summed E-state index contributed by atoms with van der Waals surface area (Å²) in [5.74, 6) is 0.705. The molecule has 1 fully saturated rings. The van der Waals surface area contributed by atoms with Gasteiger partial charge in [0, 0.05) is 41.6 Å². The van der Waals surface area contributed by atoms with Crippen molar-refractivity contribution in [2.24, 2.45) is 4.99 Å². The van der Waals surface area contributed by atoms with Gasteiger partial charge in [-0.3, -0.25) is 4.98 Å². The first-order valence-electron chi connectivity index (χ1n) is 9.39. The van der Waals surface area contributed by atoms with E-state index < -0.39 is 0 Å². The number of aliphatic hydroxyl groups is 1. The van der Waals surface area contributed by atoms with Crippen molar-refractivity contribution in [3.63, 3.8) is 0 Å². The largest absolute Gasteiger partial charge is 0.391 e. The average Bonchev–Trinajstić information content (AvgIpc) is 2.72. The van der Waals surface area contributed by atoms with Crippen LogP contribution in [0.2, 0.25) is 10.0 Å². The van der Waals surface area contributed by atoms with Crippen LogP contribution >= 0.6 is 23.2 Å². The Labute approximate surface area is 181 Å². The maximum atomic E-state index is 10.1. The maximum Gasteiger partial charge on any atom is 0.129 e. The molecule has 2 heterocycles. The van der Waals surface area contributed by atoms with Gasteiger partial charge in [0.2, 0.25) is 0 Å². The first-order valence-corrected chi connectivity index (χ1v) is 10.1. The van der Waals surface area contributed by atoms with Crippen molar-refractivity contribution in [1.82, 2.24) is 9.88 Å². The number of aromatic nitrogens is 1. The van der Waals surface area contributed by atoms with Crippen LogP contribution in [0, 0.1) is 0 Å². The van der Waals surface area contributed by atoms with E-state index in [0.29, 0.717) is 33.7 Å². The molecule has 0 radical (unpaired) electrons. The van der Waals surface area contributed by atoms with Crippen LogP contribution in [0.4, 0.5) is 0 Å². The summed E-state index contributed by atoms with van der Waals surface area (Å²) < 4.78 is 0. The number of hydrogen-bond donors (Lipinski definition) is 1. The van der Waals surface area contributed by atoms with E-state index in [4.69, 9.17) is 28.2 Å². The van der Waals surface area contributed by atoms with E-state index in [1.165, 1.54) is 0 Å². The average molecular weight is 428 g/mol. The summed E-state index contributed by atoms with van der Waals surface area (Å²) in [4.78, 5) is 11.1. The first kappa shape index (κ1) is 21.3. The minimum atomic E-state index is -0.375. The molecule has 1 aliphatic heterocycles. The van der Waals surface area contributed by atoms with Crippen molar-refractivity contribution in [1.29, 1.82) is 0 Å². The van der Waals surface area contributed by atoms with Gasteiger partial charge in [0.05, 0.1) is 16.8 Å². The third-order valence-corrected chi connectivity index (χ3v) is 5.27. The van der Waals surface area contributed by atoms with Crippen LogP contribution < -0.4 is 0 Å². The summed E-state index contributed by atoms with van der Waals surface area (Å²) in [5, 5.41) is 11.2. The van der Waals surface area contributed by atoms with Crippen LogP contribution in [0.1, 0.15) is 24.0 Å². The fourth-order valence-electron chi connectivity index (χ4n) is 3.24. The molecule has 6 heteroatoms. The highest BCUT2D eigenvalue weighted by atomic mass is 35.5. The summed E-state index contributed by atoms with van der Waals surface area (Å²) in [5.41, 5.74) is 2.96.